The van der Waals surface area contributed by atoms with E-state index in [0.29, 0.717) is 0 Å². The molecule has 0 fully saturated rings. The molecule has 0 aliphatic heterocycles. The Bertz CT molecular complexity index is 290. The summed E-state index contributed by atoms with van der Waals surface area (Å²) in [6, 6.07) is 6.11. The summed E-state index contributed by atoms with van der Waals surface area (Å²) in [6.07, 6.45) is 1.81. The highest BCUT2D eigenvalue weighted by Crippen LogP contribution is 2.27. The Morgan fingerprint density at radius 3 is 2.75 bits per heavy atom. The standard InChI is InChI=1S/C10H14N2/c1-4-12-10-8(2)6-5-7-9(10)11-3/h4-7,11H,1-3H3. The van der Waals surface area contributed by atoms with Crippen LogP contribution in [0.3, 0.4) is 0 Å². The fraction of sp³-hybridized carbons (Fsp3) is 0.300. The fourth-order valence-electron chi connectivity index (χ4n) is 1.16. The number of anilines is 1. The molecule has 1 rings (SSSR count). The number of nitrogens with zero attached hydrogens (tertiary/aromatic N) is 1. The number of nitrogens with one attached hydrogen (secondary N) is 1. The zero-order valence-corrected chi connectivity index (χ0v) is 7.76. The van der Waals surface area contributed by atoms with E-state index in [-0.39, 0.29) is 0 Å². The summed E-state index contributed by atoms with van der Waals surface area (Å²) in [6.45, 7) is 3.98. The second-order valence-electron chi connectivity index (χ2n) is 2.61. The number of benzene rings is 1. The Balaban J connectivity index is 3.19. The van der Waals surface area contributed by atoms with Crippen molar-refractivity contribution in [2.24, 2.45) is 4.99 Å². The van der Waals surface area contributed by atoms with Crippen LogP contribution in [0.15, 0.2) is 23.2 Å². The van der Waals surface area contributed by atoms with Crippen LogP contribution in [-0.4, -0.2) is 13.3 Å². The van der Waals surface area contributed by atoms with Gasteiger partial charge in [0.25, 0.3) is 0 Å². The summed E-state index contributed by atoms with van der Waals surface area (Å²) in [5.74, 6) is 0. The molecule has 2 nitrogen and oxygen atoms in total. The van der Waals surface area contributed by atoms with E-state index < -0.39 is 0 Å². The third kappa shape index (κ3) is 1.64. The summed E-state index contributed by atoms with van der Waals surface area (Å²) in [5, 5.41) is 3.11. The summed E-state index contributed by atoms with van der Waals surface area (Å²) in [4.78, 5) is 4.29. The normalized spacial score (nSPS) is 10.6. The van der Waals surface area contributed by atoms with Gasteiger partial charge in [-0.3, -0.25) is 4.99 Å². The van der Waals surface area contributed by atoms with Gasteiger partial charge in [0.1, 0.15) is 0 Å². The predicted octanol–water partition coefficient (Wildman–Crippen LogP) is 2.76. The van der Waals surface area contributed by atoms with Crippen molar-refractivity contribution in [3.63, 3.8) is 0 Å². The molecule has 0 atom stereocenters. The smallest absolute Gasteiger partial charge is 0.0885 e. The third-order valence-corrected chi connectivity index (χ3v) is 1.77. The quantitative estimate of drug-likeness (QED) is 0.664. The molecule has 0 amide bonds. The highest BCUT2D eigenvalue weighted by Gasteiger charge is 1.99. The first-order chi connectivity index (χ1) is 5.79. The zero-order valence-electron chi connectivity index (χ0n) is 7.76. The molecule has 0 saturated heterocycles. The first-order valence-electron chi connectivity index (χ1n) is 4.05. The van der Waals surface area contributed by atoms with E-state index in [2.05, 4.69) is 23.3 Å². The second kappa shape index (κ2) is 3.90. The molecule has 0 radical (unpaired) electrons. The van der Waals surface area contributed by atoms with Crippen LogP contribution in [0.25, 0.3) is 0 Å². The Morgan fingerprint density at radius 2 is 2.17 bits per heavy atom. The molecule has 1 aromatic carbocycles. The van der Waals surface area contributed by atoms with Gasteiger partial charge in [0, 0.05) is 13.3 Å². The first kappa shape index (κ1) is 8.78. The van der Waals surface area contributed by atoms with E-state index in [4.69, 9.17) is 0 Å². The molecule has 0 saturated carbocycles. The van der Waals surface area contributed by atoms with E-state index in [0.717, 1.165) is 11.4 Å². The van der Waals surface area contributed by atoms with E-state index in [1.165, 1.54) is 5.56 Å². The molecular weight excluding hydrogens is 148 g/mol. The molecular formula is C10H14N2. The van der Waals surface area contributed by atoms with Crippen molar-refractivity contribution in [2.75, 3.05) is 12.4 Å². The van der Waals surface area contributed by atoms with Crippen LogP contribution in [0.2, 0.25) is 0 Å². The lowest BCUT2D eigenvalue weighted by atomic mass is 10.2. The molecule has 0 aliphatic rings. The molecule has 64 valence electrons. The minimum absolute atomic E-state index is 1.03. The summed E-state index contributed by atoms with van der Waals surface area (Å²) in [7, 11) is 1.91. The maximum absolute atomic E-state index is 4.29. The minimum Gasteiger partial charge on any atom is -0.386 e. The van der Waals surface area contributed by atoms with Gasteiger partial charge in [0.15, 0.2) is 0 Å². The Kier molecular flexibility index (Phi) is 2.86. The van der Waals surface area contributed by atoms with Crippen molar-refractivity contribution in [1.29, 1.82) is 0 Å². The summed E-state index contributed by atoms with van der Waals surface area (Å²) in [5.41, 5.74) is 3.30. The fourth-order valence-corrected chi connectivity index (χ4v) is 1.16. The van der Waals surface area contributed by atoms with E-state index in [9.17, 15) is 0 Å². The van der Waals surface area contributed by atoms with Crippen molar-refractivity contribution < 1.29 is 0 Å². The van der Waals surface area contributed by atoms with Crippen LogP contribution in [0.1, 0.15) is 12.5 Å². The van der Waals surface area contributed by atoms with Crippen molar-refractivity contribution in [3.8, 4) is 0 Å². The SMILES string of the molecule is CC=Nc1c(C)cccc1NC. The van der Waals surface area contributed by atoms with Gasteiger partial charge in [-0.15, -0.1) is 0 Å². The molecule has 1 aromatic rings. The Hall–Kier alpha value is -1.31. The van der Waals surface area contributed by atoms with E-state index in [1.807, 2.05) is 32.3 Å². The van der Waals surface area contributed by atoms with Gasteiger partial charge in [-0.1, -0.05) is 12.1 Å². The number of para-hydroxylation sites is 1. The number of rotatable bonds is 2. The van der Waals surface area contributed by atoms with Gasteiger partial charge in [-0.05, 0) is 25.5 Å². The van der Waals surface area contributed by atoms with Crippen molar-refractivity contribution in [1.82, 2.24) is 0 Å². The molecule has 0 heterocycles. The van der Waals surface area contributed by atoms with Crippen LogP contribution < -0.4 is 5.32 Å². The molecule has 0 aromatic heterocycles. The largest absolute Gasteiger partial charge is 0.386 e. The lowest BCUT2D eigenvalue weighted by molar-refractivity contribution is 1.37. The van der Waals surface area contributed by atoms with Crippen molar-refractivity contribution in [3.05, 3.63) is 23.8 Å². The van der Waals surface area contributed by atoms with Gasteiger partial charge in [-0.2, -0.15) is 0 Å². The van der Waals surface area contributed by atoms with Crippen LogP contribution in [0, 0.1) is 6.92 Å². The van der Waals surface area contributed by atoms with Gasteiger partial charge in [0.2, 0.25) is 0 Å². The topological polar surface area (TPSA) is 24.4 Å². The number of hydrogen-bond donors (Lipinski definition) is 1. The van der Waals surface area contributed by atoms with Crippen LogP contribution >= 0.6 is 0 Å². The van der Waals surface area contributed by atoms with Crippen LogP contribution in [0.4, 0.5) is 11.4 Å². The maximum atomic E-state index is 4.29. The number of aryl methyl sites for hydroxylation is 1. The average Bonchev–Trinajstić information content (AvgIpc) is 2.09. The highest BCUT2D eigenvalue weighted by molar-refractivity contribution is 5.73. The Morgan fingerprint density at radius 1 is 1.42 bits per heavy atom. The molecule has 0 bridgehead atoms. The van der Waals surface area contributed by atoms with Crippen molar-refractivity contribution >= 4 is 17.6 Å². The zero-order chi connectivity index (χ0) is 8.97. The predicted molar refractivity (Wildman–Crippen MR) is 54.6 cm³/mol. The molecule has 2 heteroatoms. The maximum Gasteiger partial charge on any atom is 0.0885 e. The molecule has 1 N–H and O–H groups in total. The monoisotopic (exact) mass is 162 g/mol. The molecule has 12 heavy (non-hydrogen) atoms. The Labute approximate surface area is 73.3 Å². The van der Waals surface area contributed by atoms with Crippen LogP contribution in [0.5, 0.6) is 0 Å². The molecule has 0 spiro atoms. The second-order valence-corrected chi connectivity index (χ2v) is 2.61. The number of hydrogen-bond acceptors (Lipinski definition) is 2. The average molecular weight is 162 g/mol. The molecule has 0 aliphatic carbocycles. The minimum atomic E-state index is 1.03. The van der Waals surface area contributed by atoms with Gasteiger partial charge in [0.05, 0.1) is 11.4 Å². The number of aliphatic imine (C=N–C) groups is 1. The van der Waals surface area contributed by atoms with E-state index in [1.54, 1.807) is 0 Å². The third-order valence-electron chi connectivity index (χ3n) is 1.77. The van der Waals surface area contributed by atoms with Crippen molar-refractivity contribution in [2.45, 2.75) is 13.8 Å². The van der Waals surface area contributed by atoms with E-state index >= 15 is 0 Å². The van der Waals surface area contributed by atoms with Crippen LogP contribution in [-0.2, 0) is 0 Å². The highest BCUT2D eigenvalue weighted by atomic mass is 14.9. The lowest BCUT2D eigenvalue weighted by Crippen LogP contribution is -1.89. The lowest BCUT2D eigenvalue weighted by Gasteiger charge is -2.06. The summed E-state index contributed by atoms with van der Waals surface area (Å²) >= 11 is 0. The van der Waals surface area contributed by atoms with Gasteiger partial charge < -0.3 is 5.32 Å². The summed E-state index contributed by atoms with van der Waals surface area (Å²) < 4.78 is 0. The van der Waals surface area contributed by atoms with Gasteiger partial charge >= 0.3 is 0 Å². The molecule has 0 unspecified atom stereocenters. The first-order valence-corrected chi connectivity index (χ1v) is 4.05. The van der Waals surface area contributed by atoms with Gasteiger partial charge in [-0.25, -0.2) is 0 Å².